The first-order valence-corrected chi connectivity index (χ1v) is 6.63. The largest absolute Gasteiger partial charge is 0.265 e. The number of benzene rings is 1. The average Bonchev–Trinajstić information content (AvgIpc) is 2.87. The topological polar surface area (TPSA) is 17.1 Å². The molecule has 2 rings (SSSR count). The second kappa shape index (κ2) is 3.54. The fourth-order valence-electron chi connectivity index (χ4n) is 1.27. The fourth-order valence-corrected chi connectivity index (χ4v) is 3.17. The zero-order valence-electron chi connectivity index (χ0n) is 6.39. The van der Waals surface area contributed by atoms with Crippen molar-refractivity contribution in [3.05, 3.63) is 31.8 Å². The van der Waals surface area contributed by atoms with Crippen molar-refractivity contribution in [2.24, 2.45) is 0 Å². The van der Waals surface area contributed by atoms with Gasteiger partial charge >= 0.3 is 0 Å². The predicted octanol–water partition coefficient (Wildman–Crippen LogP) is 3.81. The molecule has 64 valence electrons. The van der Waals surface area contributed by atoms with Gasteiger partial charge in [-0.25, -0.2) is 0 Å². The van der Waals surface area contributed by atoms with E-state index in [2.05, 4.69) is 22.0 Å². The molecule has 1 aliphatic rings. The normalized spacial score (nSPS) is 16.4. The lowest BCUT2D eigenvalue weighted by Crippen LogP contribution is -1.82. The van der Waals surface area contributed by atoms with Gasteiger partial charge < -0.3 is 0 Å². The summed E-state index contributed by atoms with van der Waals surface area (Å²) in [6, 6.07) is 6.08. The van der Waals surface area contributed by atoms with Crippen molar-refractivity contribution >= 4 is 37.1 Å². The van der Waals surface area contributed by atoms with E-state index in [1.54, 1.807) is 0 Å². The Balaban J connectivity index is 2.38. The Morgan fingerprint density at radius 1 is 1.42 bits per heavy atom. The van der Waals surface area contributed by atoms with E-state index < -0.39 is 21.2 Å². The molecule has 0 bridgehead atoms. The maximum Gasteiger partial charge on any atom is 0.182 e. The summed E-state index contributed by atoms with van der Waals surface area (Å²) in [5.41, 5.74) is 1.39. The zero-order chi connectivity index (χ0) is 8.55. The monoisotopic (exact) mass is 338 g/mol. The van der Waals surface area contributed by atoms with E-state index in [-0.39, 0.29) is 0 Å². The third kappa shape index (κ3) is 1.76. The molecule has 0 heterocycles. The van der Waals surface area contributed by atoms with Crippen molar-refractivity contribution < 1.29 is 3.07 Å². The van der Waals surface area contributed by atoms with E-state index in [1.807, 2.05) is 12.1 Å². The van der Waals surface area contributed by atoms with Crippen molar-refractivity contribution in [3.8, 4) is 0 Å². The van der Waals surface area contributed by atoms with Gasteiger partial charge in [-0.15, -0.1) is 0 Å². The molecule has 0 spiro atoms. The standard InChI is InChI=1S/C9H8BrIO/c10-9-5-7(11-12)3-4-8(9)6-1-2-6/h3-6H,1-2H2. The quantitative estimate of drug-likeness (QED) is 0.749. The molecule has 0 saturated heterocycles. The molecule has 1 fully saturated rings. The SMILES string of the molecule is O=Ic1ccc(C2CC2)c(Br)c1. The van der Waals surface area contributed by atoms with Gasteiger partial charge in [-0.05, 0) is 36.5 Å². The molecule has 0 atom stereocenters. The highest BCUT2D eigenvalue weighted by molar-refractivity contribution is 14.1. The van der Waals surface area contributed by atoms with Crippen LogP contribution < -0.4 is 0 Å². The second-order valence-electron chi connectivity index (χ2n) is 3.02. The second-order valence-corrected chi connectivity index (χ2v) is 5.56. The van der Waals surface area contributed by atoms with Crippen molar-refractivity contribution in [3.63, 3.8) is 0 Å². The molecule has 0 N–H and O–H groups in total. The van der Waals surface area contributed by atoms with E-state index in [0.717, 1.165) is 14.0 Å². The van der Waals surface area contributed by atoms with Gasteiger partial charge in [0.2, 0.25) is 0 Å². The third-order valence-electron chi connectivity index (χ3n) is 2.07. The van der Waals surface area contributed by atoms with E-state index in [9.17, 15) is 3.07 Å². The van der Waals surface area contributed by atoms with Crippen molar-refractivity contribution in [2.75, 3.05) is 0 Å². The molecule has 0 unspecified atom stereocenters. The lowest BCUT2D eigenvalue weighted by Gasteiger charge is -2.01. The third-order valence-corrected chi connectivity index (χ3v) is 3.94. The molecular weight excluding hydrogens is 331 g/mol. The summed E-state index contributed by atoms with van der Waals surface area (Å²) in [4.78, 5) is 0. The van der Waals surface area contributed by atoms with Crippen LogP contribution in [0.2, 0.25) is 0 Å². The van der Waals surface area contributed by atoms with Crippen LogP contribution in [0.15, 0.2) is 22.7 Å². The lowest BCUT2D eigenvalue weighted by molar-refractivity contribution is 0.648. The van der Waals surface area contributed by atoms with Crippen molar-refractivity contribution in [1.82, 2.24) is 0 Å². The molecule has 1 aromatic carbocycles. The molecule has 1 aromatic rings. The van der Waals surface area contributed by atoms with Crippen LogP contribution >= 0.6 is 37.1 Å². The van der Waals surface area contributed by atoms with Crippen LogP contribution in [0.25, 0.3) is 0 Å². The van der Waals surface area contributed by atoms with Gasteiger partial charge in [-0.2, -0.15) is 0 Å². The first-order chi connectivity index (χ1) is 5.81. The van der Waals surface area contributed by atoms with Crippen LogP contribution in [0.3, 0.4) is 0 Å². The Morgan fingerprint density at radius 2 is 2.17 bits per heavy atom. The summed E-state index contributed by atoms with van der Waals surface area (Å²) >= 11 is 2.51. The Kier molecular flexibility index (Phi) is 2.60. The number of rotatable bonds is 2. The zero-order valence-corrected chi connectivity index (χ0v) is 10.1. The maximum atomic E-state index is 10.7. The van der Waals surface area contributed by atoms with E-state index in [0.29, 0.717) is 0 Å². The van der Waals surface area contributed by atoms with Gasteiger partial charge in [-0.3, -0.25) is 3.07 Å². The first-order valence-electron chi connectivity index (χ1n) is 3.88. The van der Waals surface area contributed by atoms with Crippen molar-refractivity contribution in [1.29, 1.82) is 0 Å². The van der Waals surface area contributed by atoms with Gasteiger partial charge in [0, 0.05) is 8.04 Å². The fraction of sp³-hybridized carbons (Fsp3) is 0.333. The molecular formula is C9H8BrIO. The van der Waals surface area contributed by atoms with Crippen LogP contribution in [0.5, 0.6) is 0 Å². The van der Waals surface area contributed by atoms with Crippen LogP contribution in [-0.2, 0) is 3.07 Å². The van der Waals surface area contributed by atoms with Gasteiger partial charge in [0.15, 0.2) is 21.2 Å². The summed E-state index contributed by atoms with van der Waals surface area (Å²) in [5.74, 6) is 0.762. The number of halogens is 2. The maximum absolute atomic E-state index is 10.7. The van der Waals surface area contributed by atoms with Gasteiger partial charge in [0.05, 0.1) is 0 Å². The smallest absolute Gasteiger partial charge is 0.182 e. The average molecular weight is 339 g/mol. The molecule has 3 heteroatoms. The van der Waals surface area contributed by atoms with E-state index >= 15 is 0 Å². The summed E-state index contributed by atoms with van der Waals surface area (Å²) in [7, 11) is 0. The van der Waals surface area contributed by atoms with Crippen LogP contribution in [0, 0.1) is 3.57 Å². The minimum absolute atomic E-state index is 0.762. The van der Waals surface area contributed by atoms with Gasteiger partial charge in [0.1, 0.15) is 0 Å². The summed E-state index contributed by atoms with van der Waals surface area (Å²) in [5, 5.41) is 0. The van der Waals surface area contributed by atoms with Gasteiger partial charge in [-0.1, -0.05) is 22.0 Å². The Labute approximate surface area is 90.3 Å². The molecule has 0 radical (unpaired) electrons. The molecule has 12 heavy (non-hydrogen) atoms. The minimum Gasteiger partial charge on any atom is -0.265 e. The molecule has 1 saturated carbocycles. The Bertz CT molecular complexity index is 320. The lowest BCUT2D eigenvalue weighted by atomic mass is 10.1. The molecule has 0 aromatic heterocycles. The summed E-state index contributed by atoms with van der Waals surface area (Å²) < 4.78 is 12.8. The molecule has 0 aliphatic heterocycles. The van der Waals surface area contributed by atoms with Crippen molar-refractivity contribution in [2.45, 2.75) is 18.8 Å². The van der Waals surface area contributed by atoms with E-state index in [1.165, 1.54) is 18.4 Å². The molecule has 0 amide bonds. The first kappa shape index (κ1) is 8.81. The van der Waals surface area contributed by atoms with Crippen LogP contribution in [0.4, 0.5) is 0 Å². The van der Waals surface area contributed by atoms with Gasteiger partial charge in [0.25, 0.3) is 0 Å². The highest BCUT2D eigenvalue weighted by atomic mass is 127. The van der Waals surface area contributed by atoms with Crippen LogP contribution in [0.1, 0.15) is 24.3 Å². The number of hydrogen-bond acceptors (Lipinski definition) is 1. The molecule has 1 aliphatic carbocycles. The van der Waals surface area contributed by atoms with Crippen LogP contribution in [-0.4, -0.2) is 0 Å². The predicted molar refractivity (Wildman–Crippen MR) is 59.5 cm³/mol. The Hall–Kier alpha value is 0.230. The summed E-state index contributed by atoms with van der Waals surface area (Å²) in [6.07, 6.45) is 2.62. The number of hydrogen-bond donors (Lipinski definition) is 0. The minimum atomic E-state index is -1.000. The summed E-state index contributed by atoms with van der Waals surface area (Å²) in [6.45, 7) is 0. The Morgan fingerprint density at radius 3 is 2.67 bits per heavy atom. The molecule has 1 nitrogen and oxygen atoms in total. The highest BCUT2D eigenvalue weighted by Gasteiger charge is 2.25. The van der Waals surface area contributed by atoms with E-state index in [4.69, 9.17) is 0 Å². The highest BCUT2D eigenvalue weighted by Crippen LogP contribution is 2.43.